The van der Waals surface area contributed by atoms with Gasteiger partial charge in [-0.25, -0.2) is 0 Å². The second-order valence-corrected chi connectivity index (χ2v) is 5.71. The summed E-state index contributed by atoms with van der Waals surface area (Å²) in [5.41, 5.74) is 8.55. The quantitative estimate of drug-likeness (QED) is 0.434. The number of rotatable bonds is 8. The smallest absolute Gasteiger partial charge is 0.303 e. The molecule has 6 heteroatoms. The van der Waals surface area contributed by atoms with Crippen LogP contribution < -0.4 is 11.1 Å². The van der Waals surface area contributed by atoms with E-state index >= 15 is 0 Å². The molecule has 2 aromatic rings. The first-order chi connectivity index (χ1) is 12.0. The van der Waals surface area contributed by atoms with Crippen LogP contribution in [0.3, 0.4) is 0 Å². The molecule has 0 aromatic heterocycles. The molecule has 0 saturated carbocycles. The lowest BCUT2D eigenvalue weighted by Crippen LogP contribution is -2.25. The zero-order valence-corrected chi connectivity index (χ0v) is 13.8. The molecule has 1 amide bonds. The van der Waals surface area contributed by atoms with Crippen LogP contribution in [-0.4, -0.2) is 29.4 Å². The monoisotopic (exact) mass is 339 g/mol. The van der Waals surface area contributed by atoms with E-state index < -0.39 is 5.97 Å². The molecule has 6 nitrogen and oxygen atoms in total. The zero-order valence-electron chi connectivity index (χ0n) is 13.8. The number of amidine groups is 1. The van der Waals surface area contributed by atoms with E-state index in [-0.39, 0.29) is 18.2 Å². The van der Waals surface area contributed by atoms with Gasteiger partial charge in [0.25, 0.3) is 5.91 Å². The summed E-state index contributed by atoms with van der Waals surface area (Å²) >= 11 is 0. The third kappa shape index (κ3) is 5.76. The number of carboxylic acid groups (broad SMARTS) is 1. The van der Waals surface area contributed by atoms with Crippen molar-refractivity contribution in [2.24, 2.45) is 5.73 Å². The number of aliphatic carboxylic acids is 1. The number of carbonyl (C=O) groups is 2. The molecular formula is C19H21N3O3. The number of carboxylic acids is 1. The van der Waals surface area contributed by atoms with Crippen LogP contribution in [0.25, 0.3) is 0 Å². The van der Waals surface area contributed by atoms with Gasteiger partial charge in [-0.05, 0) is 36.1 Å². The van der Waals surface area contributed by atoms with Gasteiger partial charge in [-0.3, -0.25) is 15.0 Å². The minimum Gasteiger partial charge on any atom is -0.481 e. The maximum absolute atomic E-state index is 12.1. The number of hydrogen-bond acceptors (Lipinski definition) is 3. The molecule has 0 heterocycles. The van der Waals surface area contributed by atoms with Gasteiger partial charge in [0.2, 0.25) is 0 Å². The first-order valence-corrected chi connectivity index (χ1v) is 7.98. The first-order valence-electron chi connectivity index (χ1n) is 7.98. The second-order valence-electron chi connectivity index (χ2n) is 5.71. The Morgan fingerprint density at radius 3 is 1.96 bits per heavy atom. The summed E-state index contributed by atoms with van der Waals surface area (Å²) in [6.45, 7) is 0.502. The summed E-state index contributed by atoms with van der Waals surface area (Å²) in [6, 6.07) is 14.3. The van der Waals surface area contributed by atoms with E-state index in [9.17, 15) is 9.59 Å². The Hall–Kier alpha value is -3.15. The molecule has 2 aromatic carbocycles. The summed E-state index contributed by atoms with van der Waals surface area (Å²) in [4.78, 5) is 22.6. The van der Waals surface area contributed by atoms with E-state index in [2.05, 4.69) is 5.32 Å². The van der Waals surface area contributed by atoms with Gasteiger partial charge in [-0.2, -0.15) is 0 Å². The number of nitrogens with one attached hydrogen (secondary N) is 2. The molecule has 0 radical (unpaired) electrons. The van der Waals surface area contributed by atoms with E-state index in [0.717, 1.165) is 11.1 Å². The van der Waals surface area contributed by atoms with Gasteiger partial charge in [0.1, 0.15) is 5.84 Å². The van der Waals surface area contributed by atoms with Gasteiger partial charge >= 0.3 is 5.97 Å². The number of carbonyl (C=O) groups excluding carboxylic acids is 1. The highest BCUT2D eigenvalue weighted by atomic mass is 16.4. The van der Waals surface area contributed by atoms with Crippen molar-refractivity contribution in [3.05, 3.63) is 70.8 Å². The third-order valence-corrected chi connectivity index (χ3v) is 3.81. The van der Waals surface area contributed by atoms with Crippen molar-refractivity contribution in [1.29, 1.82) is 5.41 Å². The second kappa shape index (κ2) is 8.63. The fourth-order valence-corrected chi connectivity index (χ4v) is 2.35. The Bertz CT molecular complexity index is 752. The number of hydrogen-bond donors (Lipinski definition) is 4. The van der Waals surface area contributed by atoms with Gasteiger partial charge < -0.3 is 16.2 Å². The minimum absolute atomic E-state index is 0.0289. The Morgan fingerprint density at radius 2 is 1.44 bits per heavy atom. The van der Waals surface area contributed by atoms with E-state index in [0.29, 0.717) is 30.5 Å². The lowest BCUT2D eigenvalue weighted by Gasteiger charge is -2.07. The molecule has 0 fully saturated rings. The molecule has 5 N–H and O–H groups in total. The minimum atomic E-state index is -0.803. The fraction of sp³-hybridized carbons (Fsp3) is 0.211. The van der Waals surface area contributed by atoms with Gasteiger partial charge in [-0.15, -0.1) is 0 Å². The lowest BCUT2D eigenvalue weighted by atomic mass is 10.1. The van der Waals surface area contributed by atoms with Gasteiger partial charge in [0.15, 0.2) is 0 Å². The molecule has 0 atom stereocenters. The number of amides is 1. The van der Waals surface area contributed by atoms with Crippen LogP contribution in [0.5, 0.6) is 0 Å². The van der Waals surface area contributed by atoms with Crippen molar-refractivity contribution in [1.82, 2.24) is 5.32 Å². The SMILES string of the molecule is N=C(N)c1ccc(C(=O)NCCc2ccc(CCC(=O)O)cc2)cc1. The van der Waals surface area contributed by atoms with E-state index in [4.69, 9.17) is 16.2 Å². The summed E-state index contributed by atoms with van der Waals surface area (Å²) < 4.78 is 0. The maximum atomic E-state index is 12.1. The Balaban J connectivity index is 1.80. The summed E-state index contributed by atoms with van der Waals surface area (Å²) in [5.74, 6) is -1.00. The molecule has 0 spiro atoms. The van der Waals surface area contributed by atoms with Crippen molar-refractivity contribution in [2.75, 3.05) is 6.54 Å². The van der Waals surface area contributed by atoms with Crippen LogP contribution in [-0.2, 0) is 17.6 Å². The number of benzene rings is 2. The fourth-order valence-electron chi connectivity index (χ4n) is 2.35. The standard InChI is InChI=1S/C19H21N3O3/c20-18(21)15-6-8-16(9-7-15)19(25)22-12-11-14-3-1-13(2-4-14)5-10-17(23)24/h1-4,6-9H,5,10-12H2,(H3,20,21)(H,22,25)(H,23,24). The van der Waals surface area contributed by atoms with Crippen LogP contribution in [0.2, 0.25) is 0 Å². The van der Waals surface area contributed by atoms with Crippen LogP contribution in [0.1, 0.15) is 33.5 Å². The summed E-state index contributed by atoms with van der Waals surface area (Å²) in [6.07, 6.45) is 1.33. The third-order valence-electron chi connectivity index (χ3n) is 3.81. The molecule has 0 aliphatic heterocycles. The Morgan fingerprint density at radius 1 is 0.920 bits per heavy atom. The zero-order chi connectivity index (χ0) is 18.2. The van der Waals surface area contributed by atoms with Crippen LogP contribution >= 0.6 is 0 Å². The van der Waals surface area contributed by atoms with Gasteiger partial charge in [0.05, 0.1) is 0 Å². The molecule has 2 rings (SSSR count). The van der Waals surface area contributed by atoms with E-state index in [1.165, 1.54) is 0 Å². The van der Waals surface area contributed by atoms with Crippen LogP contribution in [0.15, 0.2) is 48.5 Å². The average molecular weight is 339 g/mol. The molecule has 0 aliphatic carbocycles. The Labute approximate surface area is 146 Å². The van der Waals surface area contributed by atoms with Crippen LogP contribution in [0.4, 0.5) is 0 Å². The van der Waals surface area contributed by atoms with Crippen molar-refractivity contribution >= 4 is 17.7 Å². The average Bonchev–Trinajstić information content (AvgIpc) is 2.61. The maximum Gasteiger partial charge on any atom is 0.303 e. The normalized spacial score (nSPS) is 10.2. The molecule has 130 valence electrons. The number of nitrogens with two attached hydrogens (primary N) is 1. The summed E-state index contributed by atoms with van der Waals surface area (Å²) in [7, 11) is 0. The van der Waals surface area contributed by atoms with Crippen molar-refractivity contribution in [3.8, 4) is 0 Å². The first kappa shape index (κ1) is 18.2. The van der Waals surface area contributed by atoms with Crippen molar-refractivity contribution < 1.29 is 14.7 Å². The predicted octanol–water partition coefficient (Wildman–Crippen LogP) is 1.96. The number of aryl methyl sites for hydroxylation is 1. The van der Waals surface area contributed by atoms with Gasteiger partial charge in [-0.1, -0.05) is 36.4 Å². The lowest BCUT2D eigenvalue weighted by molar-refractivity contribution is -0.136. The molecule has 0 saturated heterocycles. The highest BCUT2D eigenvalue weighted by Gasteiger charge is 2.06. The van der Waals surface area contributed by atoms with Crippen LogP contribution in [0, 0.1) is 5.41 Å². The predicted molar refractivity (Wildman–Crippen MR) is 95.9 cm³/mol. The molecular weight excluding hydrogens is 318 g/mol. The highest BCUT2D eigenvalue weighted by molar-refractivity contribution is 5.98. The largest absolute Gasteiger partial charge is 0.481 e. The summed E-state index contributed by atoms with van der Waals surface area (Å²) in [5, 5.41) is 18.9. The molecule has 0 bridgehead atoms. The molecule has 25 heavy (non-hydrogen) atoms. The number of nitrogen functional groups attached to an aromatic ring is 1. The molecule has 0 unspecified atom stereocenters. The van der Waals surface area contributed by atoms with Crippen molar-refractivity contribution in [2.45, 2.75) is 19.3 Å². The van der Waals surface area contributed by atoms with Crippen molar-refractivity contribution in [3.63, 3.8) is 0 Å². The van der Waals surface area contributed by atoms with E-state index in [1.54, 1.807) is 24.3 Å². The topological polar surface area (TPSA) is 116 Å². The Kier molecular flexibility index (Phi) is 6.28. The molecule has 0 aliphatic rings. The highest BCUT2D eigenvalue weighted by Crippen LogP contribution is 2.08. The van der Waals surface area contributed by atoms with E-state index in [1.807, 2.05) is 24.3 Å². The van der Waals surface area contributed by atoms with Gasteiger partial charge in [0, 0.05) is 24.1 Å².